The molecule has 0 aliphatic heterocycles. The van der Waals surface area contributed by atoms with Gasteiger partial charge in [0.25, 0.3) is 0 Å². The van der Waals surface area contributed by atoms with Gasteiger partial charge in [-0.1, -0.05) is 11.6 Å². The number of nitrogens with zero attached hydrogens (tertiary/aromatic N) is 5. The lowest BCUT2D eigenvalue weighted by molar-refractivity contribution is -0.137. The molecule has 0 spiro atoms. The van der Waals surface area contributed by atoms with Gasteiger partial charge in [0, 0.05) is 16.9 Å². The molecule has 3 rings (SSSR count). The molecule has 29 heavy (non-hydrogen) atoms. The molecule has 0 saturated heterocycles. The van der Waals surface area contributed by atoms with E-state index in [0.29, 0.717) is 11.5 Å². The fraction of sp³-hybridized carbons (Fsp3) is 0.188. The highest BCUT2D eigenvalue weighted by atomic mass is 79.9. The van der Waals surface area contributed by atoms with Crippen molar-refractivity contribution in [3.05, 3.63) is 57.7 Å². The minimum absolute atomic E-state index is 0.0977. The zero-order valence-corrected chi connectivity index (χ0v) is 16.9. The smallest absolute Gasteiger partial charge is 0.330 e. The third kappa shape index (κ3) is 4.82. The Morgan fingerprint density at radius 2 is 1.83 bits per heavy atom. The van der Waals surface area contributed by atoms with E-state index in [-0.39, 0.29) is 10.2 Å². The summed E-state index contributed by atoms with van der Waals surface area (Å²) in [6.07, 6.45) is 1.13. The summed E-state index contributed by atoms with van der Waals surface area (Å²) < 4.78 is 39.3. The first-order valence-corrected chi connectivity index (χ1v) is 9.15. The van der Waals surface area contributed by atoms with Gasteiger partial charge in [-0.05, 0) is 35.0 Å². The number of amides is 2. The van der Waals surface area contributed by atoms with Crippen LogP contribution in [0.1, 0.15) is 24.2 Å². The first kappa shape index (κ1) is 21.0. The van der Waals surface area contributed by atoms with E-state index in [1.165, 1.54) is 29.6 Å². The molecule has 0 saturated carbocycles. The number of alkyl halides is 3. The van der Waals surface area contributed by atoms with Gasteiger partial charge in [-0.25, -0.2) is 9.78 Å². The fourth-order valence-corrected chi connectivity index (χ4v) is 3.26. The predicted molar refractivity (Wildman–Crippen MR) is 102 cm³/mol. The SMILES string of the molecule is CC(NC(=O)Nc1cc(C(F)(F)F)c(Cl)cc1Br)c1nccnc1-n1nccn1. The Hall–Kier alpha value is -2.73. The van der Waals surface area contributed by atoms with Gasteiger partial charge in [0.2, 0.25) is 0 Å². The molecule has 2 aromatic heterocycles. The zero-order valence-electron chi connectivity index (χ0n) is 14.6. The summed E-state index contributed by atoms with van der Waals surface area (Å²) >= 11 is 8.73. The van der Waals surface area contributed by atoms with E-state index >= 15 is 0 Å². The molecule has 1 unspecified atom stereocenters. The molecule has 1 atom stereocenters. The molecular weight excluding hydrogens is 479 g/mol. The van der Waals surface area contributed by atoms with Crippen LogP contribution in [0.25, 0.3) is 5.82 Å². The van der Waals surface area contributed by atoms with Crippen LogP contribution in [0.15, 0.2) is 41.4 Å². The Balaban J connectivity index is 1.79. The van der Waals surface area contributed by atoms with Crippen LogP contribution in [0.2, 0.25) is 5.02 Å². The van der Waals surface area contributed by atoms with Crippen molar-refractivity contribution >= 4 is 39.2 Å². The van der Waals surface area contributed by atoms with Crippen molar-refractivity contribution < 1.29 is 18.0 Å². The quantitative estimate of drug-likeness (QED) is 0.566. The summed E-state index contributed by atoms with van der Waals surface area (Å²) in [4.78, 5) is 21.9. The summed E-state index contributed by atoms with van der Waals surface area (Å²) in [5.74, 6) is 0.303. The van der Waals surface area contributed by atoms with E-state index in [2.05, 4.69) is 46.7 Å². The van der Waals surface area contributed by atoms with Crippen LogP contribution in [0.3, 0.4) is 0 Å². The molecule has 2 heterocycles. The summed E-state index contributed by atoms with van der Waals surface area (Å²) in [5.41, 5.74) is -0.795. The number of nitrogens with one attached hydrogen (secondary N) is 2. The number of hydrogen-bond acceptors (Lipinski definition) is 5. The molecule has 0 aliphatic carbocycles. The van der Waals surface area contributed by atoms with Crippen LogP contribution in [-0.4, -0.2) is 31.0 Å². The number of carbonyl (C=O) groups is 1. The molecule has 8 nitrogen and oxygen atoms in total. The van der Waals surface area contributed by atoms with Crippen LogP contribution in [0.5, 0.6) is 0 Å². The Labute approximate surface area is 175 Å². The van der Waals surface area contributed by atoms with Gasteiger partial charge in [0.05, 0.1) is 34.7 Å². The molecule has 0 radical (unpaired) electrons. The lowest BCUT2D eigenvalue weighted by Gasteiger charge is -2.17. The van der Waals surface area contributed by atoms with Gasteiger partial charge in [-0.3, -0.25) is 4.98 Å². The number of aromatic nitrogens is 5. The van der Waals surface area contributed by atoms with E-state index in [4.69, 9.17) is 11.6 Å². The second-order valence-corrected chi connectivity index (χ2v) is 6.98. The first-order valence-electron chi connectivity index (χ1n) is 7.98. The molecule has 0 aliphatic rings. The van der Waals surface area contributed by atoms with Crippen molar-refractivity contribution in [1.82, 2.24) is 30.3 Å². The fourth-order valence-electron chi connectivity index (χ4n) is 2.41. The lowest BCUT2D eigenvalue weighted by Crippen LogP contribution is -2.32. The summed E-state index contributed by atoms with van der Waals surface area (Å²) in [7, 11) is 0. The highest BCUT2D eigenvalue weighted by Crippen LogP contribution is 2.39. The van der Waals surface area contributed by atoms with E-state index in [0.717, 1.165) is 12.1 Å². The van der Waals surface area contributed by atoms with Crippen molar-refractivity contribution in [2.75, 3.05) is 5.32 Å². The number of halogens is 5. The van der Waals surface area contributed by atoms with Crippen molar-refractivity contribution in [3.63, 3.8) is 0 Å². The van der Waals surface area contributed by atoms with Crippen molar-refractivity contribution in [2.45, 2.75) is 19.1 Å². The summed E-state index contributed by atoms with van der Waals surface area (Å²) in [6.45, 7) is 1.63. The van der Waals surface area contributed by atoms with E-state index in [1.807, 2.05) is 0 Å². The predicted octanol–water partition coefficient (Wildman–Crippen LogP) is 4.37. The number of benzene rings is 1. The van der Waals surface area contributed by atoms with Gasteiger partial charge < -0.3 is 10.6 Å². The lowest BCUT2D eigenvalue weighted by atomic mass is 10.2. The minimum atomic E-state index is -4.66. The normalized spacial score (nSPS) is 12.5. The Morgan fingerprint density at radius 3 is 2.48 bits per heavy atom. The molecule has 1 aromatic carbocycles. The second kappa shape index (κ2) is 8.33. The van der Waals surface area contributed by atoms with Crippen LogP contribution in [0, 0.1) is 0 Å². The zero-order chi connectivity index (χ0) is 21.2. The number of hydrogen-bond donors (Lipinski definition) is 2. The van der Waals surface area contributed by atoms with Crippen molar-refractivity contribution in [2.24, 2.45) is 0 Å². The minimum Gasteiger partial charge on any atom is -0.330 e. The molecule has 0 bridgehead atoms. The van der Waals surface area contributed by atoms with E-state index in [9.17, 15) is 18.0 Å². The van der Waals surface area contributed by atoms with Gasteiger partial charge in [-0.15, -0.1) is 4.80 Å². The van der Waals surface area contributed by atoms with Gasteiger partial charge in [-0.2, -0.15) is 23.4 Å². The maximum atomic E-state index is 13.1. The molecule has 13 heteroatoms. The third-order valence-electron chi connectivity index (χ3n) is 3.68. The molecule has 3 aromatic rings. The number of urea groups is 1. The average molecular weight is 491 g/mol. The van der Waals surface area contributed by atoms with E-state index < -0.39 is 28.8 Å². The highest BCUT2D eigenvalue weighted by Gasteiger charge is 2.34. The molecule has 0 fully saturated rings. The summed E-state index contributed by atoms with van der Waals surface area (Å²) in [5, 5.41) is 12.4. The van der Waals surface area contributed by atoms with Crippen molar-refractivity contribution in [3.8, 4) is 5.82 Å². The van der Waals surface area contributed by atoms with Crippen molar-refractivity contribution in [1.29, 1.82) is 0 Å². The van der Waals surface area contributed by atoms with Gasteiger partial charge in [0.15, 0.2) is 5.82 Å². The van der Waals surface area contributed by atoms with Gasteiger partial charge in [0.1, 0.15) is 5.69 Å². The van der Waals surface area contributed by atoms with Crippen LogP contribution in [-0.2, 0) is 6.18 Å². The monoisotopic (exact) mass is 489 g/mol. The molecule has 2 amide bonds. The largest absolute Gasteiger partial charge is 0.417 e. The van der Waals surface area contributed by atoms with Crippen LogP contribution in [0.4, 0.5) is 23.7 Å². The Bertz CT molecular complexity index is 1030. The Morgan fingerprint density at radius 1 is 1.17 bits per heavy atom. The molecular formula is C16H12BrClF3N7O. The second-order valence-electron chi connectivity index (χ2n) is 5.71. The third-order valence-corrected chi connectivity index (χ3v) is 4.65. The maximum Gasteiger partial charge on any atom is 0.417 e. The molecule has 152 valence electrons. The van der Waals surface area contributed by atoms with Crippen LogP contribution < -0.4 is 10.6 Å². The topological polar surface area (TPSA) is 97.6 Å². The number of carbonyl (C=O) groups excluding carboxylic acids is 1. The Kier molecular flexibility index (Phi) is 6.03. The number of anilines is 1. The molecule has 2 N–H and O–H groups in total. The van der Waals surface area contributed by atoms with Gasteiger partial charge >= 0.3 is 12.2 Å². The first-order chi connectivity index (χ1) is 13.7. The maximum absolute atomic E-state index is 13.1. The average Bonchev–Trinajstić information content (AvgIpc) is 3.17. The standard InChI is InChI=1S/C16H12BrClF3N7O/c1-8(13-14(23-3-2-22-13)28-24-4-5-25-28)26-15(29)27-12-6-9(16(19,20)21)11(18)7-10(12)17/h2-8H,1H3,(H2,26,27,29). The van der Waals surface area contributed by atoms with E-state index in [1.54, 1.807) is 6.92 Å². The number of rotatable bonds is 4. The van der Waals surface area contributed by atoms with Crippen LogP contribution >= 0.6 is 27.5 Å². The highest BCUT2D eigenvalue weighted by molar-refractivity contribution is 9.10. The summed E-state index contributed by atoms with van der Waals surface area (Å²) in [6, 6.07) is 0.405.